The van der Waals surface area contributed by atoms with Crippen LogP contribution in [0.3, 0.4) is 0 Å². The van der Waals surface area contributed by atoms with Crippen LogP contribution in [0.2, 0.25) is 0 Å². The van der Waals surface area contributed by atoms with Crippen LogP contribution in [-0.2, 0) is 0 Å². The van der Waals surface area contributed by atoms with Gasteiger partial charge in [-0.2, -0.15) is 0 Å². The zero-order valence-corrected chi connectivity index (χ0v) is 27.8. The van der Waals surface area contributed by atoms with E-state index in [9.17, 15) is 0 Å². The van der Waals surface area contributed by atoms with Crippen molar-refractivity contribution < 1.29 is 0 Å². The number of anilines is 2. The van der Waals surface area contributed by atoms with E-state index in [4.69, 9.17) is 11.5 Å². The summed E-state index contributed by atoms with van der Waals surface area (Å²) in [5, 5.41) is 4.28. The van der Waals surface area contributed by atoms with Gasteiger partial charge in [0.2, 0.25) is 0 Å². The van der Waals surface area contributed by atoms with Crippen LogP contribution in [0.4, 0.5) is 11.4 Å². The zero-order valence-electron chi connectivity index (χ0n) is 26.1. The lowest BCUT2D eigenvalue weighted by Gasteiger charge is -2.24. The molecule has 0 aliphatic rings. The number of benzene rings is 6. The van der Waals surface area contributed by atoms with Crippen molar-refractivity contribution in [2.24, 2.45) is 0 Å². The quantitative estimate of drug-likeness (QED) is 0.168. The Kier molecular flexibility index (Phi) is 7.95. The van der Waals surface area contributed by atoms with Gasteiger partial charge in [0, 0.05) is 32.0 Å². The Morgan fingerprint density at radius 1 is 0.312 bits per heavy atom. The van der Waals surface area contributed by atoms with E-state index in [2.05, 4.69) is 150 Å². The monoisotopic (exact) mass is 652 g/mol. The molecule has 0 radical (unpaired) electrons. The summed E-state index contributed by atoms with van der Waals surface area (Å²) >= 11 is 3.49. The van der Waals surface area contributed by atoms with Crippen molar-refractivity contribution >= 4 is 34.0 Å². The van der Waals surface area contributed by atoms with E-state index in [1.165, 1.54) is 26.4 Å². The van der Waals surface area contributed by atoms with Gasteiger partial charge in [-0.3, -0.25) is 0 Å². The lowest BCUT2D eigenvalue weighted by atomic mass is 9.82. The molecule has 0 saturated carbocycles. The van der Waals surface area contributed by atoms with Gasteiger partial charge in [-0.15, -0.1) is 22.7 Å². The minimum absolute atomic E-state index is 0.580. The first-order chi connectivity index (χ1) is 23.7. The normalized spacial score (nSPS) is 11.1. The highest BCUT2D eigenvalue weighted by Gasteiger charge is 2.25. The fraction of sp³-hybridized carbons (Fsp3) is 0. The van der Waals surface area contributed by atoms with Crippen molar-refractivity contribution in [3.63, 3.8) is 0 Å². The molecule has 0 aliphatic heterocycles. The maximum Gasteiger partial charge on any atom is 0.0640 e. The van der Waals surface area contributed by atoms with Crippen LogP contribution in [0.5, 0.6) is 0 Å². The smallest absolute Gasteiger partial charge is 0.0640 e. The van der Waals surface area contributed by atoms with Crippen molar-refractivity contribution in [1.29, 1.82) is 0 Å². The molecule has 0 spiro atoms. The molecular formula is C44H32N2S2. The summed E-state index contributed by atoms with van der Waals surface area (Å²) in [6.45, 7) is 0. The fourth-order valence-electron chi connectivity index (χ4n) is 6.70. The largest absolute Gasteiger partial charge is 0.397 e. The van der Waals surface area contributed by atoms with E-state index < -0.39 is 0 Å². The lowest BCUT2D eigenvalue weighted by Crippen LogP contribution is -2.04. The molecule has 4 heteroatoms. The van der Waals surface area contributed by atoms with Gasteiger partial charge in [0.1, 0.15) is 0 Å². The van der Waals surface area contributed by atoms with Crippen molar-refractivity contribution in [1.82, 2.24) is 0 Å². The Labute approximate surface area is 289 Å². The summed E-state index contributed by atoms with van der Waals surface area (Å²) in [5.74, 6) is 0. The van der Waals surface area contributed by atoms with Gasteiger partial charge < -0.3 is 11.5 Å². The van der Waals surface area contributed by atoms with Crippen molar-refractivity contribution in [2.75, 3.05) is 11.5 Å². The predicted molar refractivity (Wildman–Crippen MR) is 209 cm³/mol. The van der Waals surface area contributed by atoms with Crippen LogP contribution in [-0.4, -0.2) is 0 Å². The van der Waals surface area contributed by atoms with Crippen molar-refractivity contribution in [3.8, 4) is 76.5 Å². The third kappa shape index (κ3) is 5.31. The van der Waals surface area contributed by atoms with Gasteiger partial charge in [0.25, 0.3) is 0 Å². The summed E-state index contributed by atoms with van der Waals surface area (Å²) < 4.78 is 0. The van der Waals surface area contributed by atoms with Crippen LogP contribution in [0.25, 0.3) is 76.5 Å². The zero-order chi connectivity index (χ0) is 32.5. The Bertz CT molecular complexity index is 2330. The van der Waals surface area contributed by atoms with Crippen LogP contribution < -0.4 is 11.5 Å². The van der Waals surface area contributed by atoms with Crippen molar-refractivity contribution in [3.05, 3.63) is 168 Å². The highest BCUT2D eigenvalue weighted by Crippen LogP contribution is 2.52. The first-order valence-corrected chi connectivity index (χ1v) is 17.7. The molecule has 8 rings (SSSR count). The summed E-state index contributed by atoms with van der Waals surface area (Å²) in [7, 11) is 0. The number of nitrogen functional groups attached to an aromatic ring is 2. The third-order valence-electron chi connectivity index (χ3n) is 8.89. The molecule has 0 saturated heterocycles. The van der Waals surface area contributed by atoms with E-state index >= 15 is 0 Å². The molecule has 2 heterocycles. The number of hydrogen-bond donors (Lipinski definition) is 2. The Hall–Kier alpha value is -5.68. The molecule has 48 heavy (non-hydrogen) atoms. The van der Waals surface area contributed by atoms with Gasteiger partial charge in [-0.05, 0) is 73.5 Å². The summed E-state index contributed by atoms with van der Waals surface area (Å²) in [5.41, 5.74) is 28.6. The van der Waals surface area contributed by atoms with Crippen LogP contribution in [0.1, 0.15) is 0 Å². The first-order valence-electron chi connectivity index (χ1n) is 15.9. The minimum atomic E-state index is 0.580. The third-order valence-corrected chi connectivity index (χ3v) is 10.7. The Balaban J connectivity index is 1.51. The molecule has 2 nitrogen and oxygen atoms in total. The molecule has 2 aromatic heterocycles. The Morgan fingerprint density at radius 3 is 1.23 bits per heavy atom. The molecule has 8 aromatic rings. The SMILES string of the molecule is Nc1c(-c2ccccc2)cc(-c2cccc(-c3ccccc3)c2-c2cccs2)c(-c2cccc(-c3ccccc3)c2-c2cccs2)c1N. The van der Waals surface area contributed by atoms with Gasteiger partial charge in [-0.1, -0.05) is 140 Å². The molecule has 0 amide bonds. The second kappa shape index (κ2) is 12.8. The van der Waals surface area contributed by atoms with Gasteiger partial charge in [0.05, 0.1) is 11.4 Å². The van der Waals surface area contributed by atoms with Crippen LogP contribution in [0.15, 0.2) is 168 Å². The van der Waals surface area contributed by atoms with Gasteiger partial charge in [-0.25, -0.2) is 0 Å². The maximum absolute atomic E-state index is 7.30. The van der Waals surface area contributed by atoms with E-state index in [1.54, 1.807) is 22.7 Å². The number of thiophene rings is 2. The molecule has 0 atom stereocenters. The molecule has 0 aliphatic carbocycles. The molecule has 4 N–H and O–H groups in total. The number of hydrogen-bond acceptors (Lipinski definition) is 4. The second-order valence-electron chi connectivity index (χ2n) is 11.7. The van der Waals surface area contributed by atoms with Crippen LogP contribution >= 0.6 is 22.7 Å². The summed E-state index contributed by atoms with van der Waals surface area (Å²) in [4.78, 5) is 2.38. The van der Waals surface area contributed by atoms with E-state index in [1.807, 2.05) is 18.2 Å². The maximum atomic E-state index is 7.30. The average molecular weight is 653 g/mol. The van der Waals surface area contributed by atoms with Crippen LogP contribution in [0, 0.1) is 0 Å². The fourth-order valence-corrected chi connectivity index (χ4v) is 8.30. The Morgan fingerprint density at radius 2 is 0.750 bits per heavy atom. The van der Waals surface area contributed by atoms with E-state index in [-0.39, 0.29) is 0 Å². The van der Waals surface area contributed by atoms with E-state index in [0.29, 0.717) is 11.4 Å². The molecule has 0 unspecified atom stereocenters. The van der Waals surface area contributed by atoms with Gasteiger partial charge in [0.15, 0.2) is 0 Å². The summed E-state index contributed by atoms with van der Waals surface area (Å²) in [6.07, 6.45) is 0. The molecule has 0 bridgehead atoms. The lowest BCUT2D eigenvalue weighted by molar-refractivity contribution is 1.54. The predicted octanol–water partition coefficient (Wildman–Crippen LogP) is 12.6. The second-order valence-corrected chi connectivity index (χ2v) is 13.6. The highest BCUT2D eigenvalue weighted by molar-refractivity contribution is 7.14. The molecule has 230 valence electrons. The molecular weight excluding hydrogens is 621 g/mol. The topological polar surface area (TPSA) is 52.0 Å². The first kappa shape index (κ1) is 29.7. The molecule has 6 aromatic carbocycles. The van der Waals surface area contributed by atoms with E-state index in [0.717, 1.165) is 50.1 Å². The number of nitrogens with two attached hydrogens (primary N) is 2. The number of rotatable bonds is 7. The minimum Gasteiger partial charge on any atom is -0.397 e. The molecule has 0 fully saturated rings. The average Bonchev–Trinajstić information content (AvgIpc) is 3.89. The highest BCUT2D eigenvalue weighted by atomic mass is 32.1. The van der Waals surface area contributed by atoms with Gasteiger partial charge >= 0.3 is 0 Å². The van der Waals surface area contributed by atoms with Crippen molar-refractivity contribution in [2.45, 2.75) is 0 Å². The standard InChI is InChI=1S/C44H32N2S2/c45-43-36(31-18-8-3-9-19-31)28-37(34-22-10-20-32(29-14-4-1-5-15-29)40(34)38-24-12-26-47-38)42(44(43)46)35-23-11-21-33(30-16-6-2-7-17-30)41(35)39-25-13-27-48-39/h1-28H,45-46H2. The summed E-state index contributed by atoms with van der Waals surface area (Å²) in [6, 6.07) is 55.6.